The second-order valence-electron chi connectivity index (χ2n) is 8.67. The Bertz CT molecular complexity index is 1570. The molecule has 0 amide bonds. The van der Waals surface area contributed by atoms with E-state index in [9.17, 15) is 0 Å². The molecule has 6 aromatic carbocycles. The summed E-state index contributed by atoms with van der Waals surface area (Å²) in [5.74, 6) is 0. The lowest BCUT2D eigenvalue weighted by atomic mass is 9.84. The molecule has 6 aromatic rings. The second-order valence-corrected chi connectivity index (χ2v) is 8.67. The summed E-state index contributed by atoms with van der Waals surface area (Å²) >= 11 is 0. The summed E-state index contributed by atoms with van der Waals surface area (Å²) in [6.45, 7) is 4.38. The van der Waals surface area contributed by atoms with Crippen LogP contribution in [0, 0.1) is 13.8 Å². The van der Waals surface area contributed by atoms with Gasteiger partial charge in [-0.2, -0.15) is 0 Å². The molecule has 152 valence electrons. The van der Waals surface area contributed by atoms with Gasteiger partial charge >= 0.3 is 0 Å². The molecule has 0 unspecified atom stereocenters. The van der Waals surface area contributed by atoms with Crippen molar-refractivity contribution in [2.24, 2.45) is 0 Å². The van der Waals surface area contributed by atoms with Gasteiger partial charge in [0, 0.05) is 0 Å². The van der Waals surface area contributed by atoms with Gasteiger partial charge in [0.1, 0.15) is 0 Å². The number of hydrogen-bond acceptors (Lipinski definition) is 0. The molecule has 0 aliphatic rings. The van der Waals surface area contributed by atoms with Gasteiger partial charge < -0.3 is 0 Å². The Balaban J connectivity index is 1.82. The van der Waals surface area contributed by atoms with Crippen molar-refractivity contribution < 1.29 is 0 Å². The summed E-state index contributed by atoms with van der Waals surface area (Å²) in [4.78, 5) is 0. The van der Waals surface area contributed by atoms with Gasteiger partial charge in [0.2, 0.25) is 0 Å². The van der Waals surface area contributed by atoms with Crippen molar-refractivity contribution in [2.45, 2.75) is 13.8 Å². The smallest absolute Gasteiger partial charge is 0.00201 e. The van der Waals surface area contributed by atoms with E-state index in [1.54, 1.807) is 0 Å². The first-order valence-corrected chi connectivity index (χ1v) is 11.2. The van der Waals surface area contributed by atoms with Crippen LogP contribution in [0.15, 0.2) is 109 Å². The Labute approximate surface area is 188 Å². The zero-order valence-corrected chi connectivity index (χ0v) is 18.4. The first kappa shape index (κ1) is 18.8. The molecule has 0 aliphatic heterocycles. The Hall–Kier alpha value is -3.90. The molecule has 0 N–H and O–H groups in total. The molecule has 0 aliphatic carbocycles. The minimum atomic E-state index is 1.27. The van der Waals surface area contributed by atoms with E-state index in [1.807, 2.05) is 0 Å². The third-order valence-corrected chi connectivity index (χ3v) is 6.79. The van der Waals surface area contributed by atoms with Crippen LogP contribution in [0.1, 0.15) is 11.1 Å². The molecule has 32 heavy (non-hydrogen) atoms. The van der Waals surface area contributed by atoms with Crippen molar-refractivity contribution in [3.63, 3.8) is 0 Å². The lowest BCUT2D eigenvalue weighted by Gasteiger charge is -2.19. The predicted molar refractivity (Wildman–Crippen MR) is 139 cm³/mol. The van der Waals surface area contributed by atoms with E-state index in [0.717, 1.165) is 0 Å². The van der Waals surface area contributed by atoms with E-state index in [0.29, 0.717) is 0 Å². The summed E-state index contributed by atoms with van der Waals surface area (Å²) in [7, 11) is 0. The maximum Gasteiger partial charge on any atom is -0.00201 e. The topological polar surface area (TPSA) is 0 Å². The Morgan fingerprint density at radius 1 is 0.406 bits per heavy atom. The largest absolute Gasteiger partial charge is 0.0616 e. The van der Waals surface area contributed by atoms with E-state index in [1.165, 1.54) is 65.7 Å². The fraction of sp³-hybridized carbons (Fsp3) is 0.0625. The second kappa shape index (κ2) is 7.35. The van der Waals surface area contributed by atoms with Gasteiger partial charge in [-0.05, 0) is 79.5 Å². The molecule has 0 heteroatoms. The summed E-state index contributed by atoms with van der Waals surface area (Å²) in [5, 5.41) is 7.78. The lowest BCUT2D eigenvalue weighted by Crippen LogP contribution is -1.92. The van der Waals surface area contributed by atoms with Crippen LogP contribution < -0.4 is 0 Å². The number of benzene rings is 6. The highest BCUT2D eigenvalue weighted by molar-refractivity contribution is 6.23. The minimum Gasteiger partial charge on any atom is -0.0616 e. The summed E-state index contributed by atoms with van der Waals surface area (Å²) in [6.07, 6.45) is 0. The summed E-state index contributed by atoms with van der Waals surface area (Å²) in [6, 6.07) is 40.0. The number of hydrogen-bond donors (Lipinski definition) is 0. The number of rotatable bonds is 2. The minimum absolute atomic E-state index is 1.27. The fourth-order valence-electron chi connectivity index (χ4n) is 5.07. The maximum absolute atomic E-state index is 2.33. The average Bonchev–Trinajstić information content (AvgIpc) is 2.84. The highest BCUT2D eigenvalue weighted by atomic mass is 14.2. The molecule has 0 bridgehead atoms. The monoisotopic (exact) mass is 408 g/mol. The SMILES string of the molecule is Cc1ccc(-c2c3ccccc3c(-c3cccc4ccccc34)c3ccccc23)cc1C. The highest BCUT2D eigenvalue weighted by Gasteiger charge is 2.17. The standard InChI is InChI=1S/C32H24/c1-21-18-19-24(20-22(21)2)31-27-13-5-7-15-29(27)32(30-16-8-6-14-28(30)31)26-17-9-11-23-10-3-4-12-25(23)26/h3-20H,1-2H3. The molecule has 0 nitrogen and oxygen atoms in total. The molecule has 0 fully saturated rings. The first-order valence-electron chi connectivity index (χ1n) is 11.2. The van der Waals surface area contributed by atoms with Crippen LogP contribution in [0.25, 0.3) is 54.6 Å². The van der Waals surface area contributed by atoms with Crippen LogP contribution in [-0.2, 0) is 0 Å². The van der Waals surface area contributed by atoms with Crippen molar-refractivity contribution in [2.75, 3.05) is 0 Å². The van der Waals surface area contributed by atoms with Crippen LogP contribution in [0.2, 0.25) is 0 Å². The molecular weight excluding hydrogens is 384 g/mol. The summed E-state index contributed by atoms with van der Waals surface area (Å²) in [5.41, 5.74) is 7.87. The first-order chi connectivity index (χ1) is 15.7. The lowest BCUT2D eigenvalue weighted by molar-refractivity contribution is 1.34. The van der Waals surface area contributed by atoms with E-state index in [4.69, 9.17) is 0 Å². The zero-order chi connectivity index (χ0) is 21.7. The van der Waals surface area contributed by atoms with Gasteiger partial charge in [0.05, 0.1) is 0 Å². The van der Waals surface area contributed by atoms with E-state index in [2.05, 4.69) is 123 Å². The van der Waals surface area contributed by atoms with Crippen LogP contribution >= 0.6 is 0 Å². The van der Waals surface area contributed by atoms with Crippen molar-refractivity contribution in [3.05, 3.63) is 120 Å². The number of aryl methyl sites for hydroxylation is 2. The molecule has 6 rings (SSSR count). The molecule has 0 atom stereocenters. The van der Waals surface area contributed by atoms with E-state index >= 15 is 0 Å². The molecule has 0 saturated carbocycles. The molecule has 0 aromatic heterocycles. The van der Waals surface area contributed by atoms with Gasteiger partial charge in [-0.15, -0.1) is 0 Å². The maximum atomic E-state index is 2.33. The third kappa shape index (κ3) is 2.84. The van der Waals surface area contributed by atoms with Gasteiger partial charge in [0.15, 0.2) is 0 Å². The van der Waals surface area contributed by atoms with E-state index in [-0.39, 0.29) is 0 Å². The Morgan fingerprint density at radius 2 is 0.938 bits per heavy atom. The van der Waals surface area contributed by atoms with Crippen LogP contribution in [0.4, 0.5) is 0 Å². The van der Waals surface area contributed by atoms with Crippen molar-refractivity contribution in [1.29, 1.82) is 0 Å². The molecule has 0 heterocycles. The van der Waals surface area contributed by atoms with Gasteiger partial charge in [-0.1, -0.05) is 109 Å². The van der Waals surface area contributed by atoms with Crippen molar-refractivity contribution in [1.82, 2.24) is 0 Å². The Kier molecular flexibility index (Phi) is 4.33. The van der Waals surface area contributed by atoms with Crippen LogP contribution in [0.5, 0.6) is 0 Å². The molecule has 0 radical (unpaired) electrons. The quantitative estimate of drug-likeness (QED) is 0.251. The third-order valence-electron chi connectivity index (χ3n) is 6.79. The molecule has 0 saturated heterocycles. The fourth-order valence-corrected chi connectivity index (χ4v) is 5.07. The van der Waals surface area contributed by atoms with E-state index < -0.39 is 0 Å². The van der Waals surface area contributed by atoms with Crippen LogP contribution in [0.3, 0.4) is 0 Å². The van der Waals surface area contributed by atoms with Gasteiger partial charge in [-0.3, -0.25) is 0 Å². The zero-order valence-electron chi connectivity index (χ0n) is 18.4. The molecule has 0 spiro atoms. The average molecular weight is 409 g/mol. The molecular formula is C32H24. The Morgan fingerprint density at radius 3 is 1.56 bits per heavy atom. The number of fused-ring (bicyclic) bond motifs is 3. The summed E-state index contributed by atoms with van der Waals surface area (Å²) < 4.78 is 0. The predicted octanol–water partition coefficient (Wildman–Crippen LogP) is 9.10. The van der Waals surface area contributed by atoms with Crippen molar-refractivity contribution >= 4 is 32.3 Å². The highest BCUT2D eigenvalue weighted by Crippen LogP contribution is 2.45. The van der Waals surface area contributed by atoms with Gasteiger partial charge in [-0.25, -0.2) is 0 Å². The normalized spacial score (nSPS) is 11.4. The van der Waals surface area contributed by atoms with Gasteiger partial charge in [0.25, 0.3) is 0 Å². The van der Waals surface area contributed by atoms with Crippen LogP contribution in [-0.4, -0.2) is 0 Å². The van der Waals surface area contributed by atoms with Crippen molar-refractivity contribution in [3.8, 4) is 22.3 Å².